The van der Waals surface area contributed by atoms with E-state index >= 15 is 0 Å². The Morgan fingerprint density at radius 1 is 1.20 bits per heavy atom. The molecule has 2 aromatic rings. The van der Waals surface area contributed by atoms with E-state index in [0.717, 1.165) is 0 Å². The van der Waals surface area contributed by atoms with E-state index in [9.17, 15) is 9.18 Å². The highest BCUT2D eigenvalue weighted by Gasteiger charge is 2.16. The zero-order valence-electron chi connectivity index (χ0n) is 10.4. The molecule has 20 heavy (non-hydrogen) atoms. The van der Waals surface area contributed by atoms with Crippen molar-refractivity contribution in [2.45, 2.75) is 0 Å². The quantitative estimate of drug-likeness (QED) is 0.912. The van der Waals surface area contributed by atoms with Gasteiger partial charge in [-0.2, -0.15) is 0 Å². The van der Waals surface area contributed by atoms with Gasteiger partial charge in [-0.1, -0.05) is 29.3 Å². The van der Waals surface area contributed by atoms with Gasteiger partial charge in [0.25, 0.3) is 5.91 Å². The van der Waals surface area contributed by atoms with Crippen molar-refractivity contribution in [3.05, 3.63) is 57.8 Å². The lowest BCUT2D eigenvalue weighted by atomic mass is 10.2. The molecular weight excluding hydrogens is 304 g/mol. The fourth-order valence-corrected chi connectivity index (χ4v) is 2.16. The van der Waals surface area contributed by atoms with E-state index in [0.29, 0.717) is 16.5 Å². The molecule has 0 spiro atoms. The first-order valence-corrected chi connectivity index (χ1v) is 6.37. The summed E-state index contributed by atoms with van der Waals surface area (Å²) >= 11 is 11.8. The Balaban J connectivity index is 2.26. The van der Waals surface area contributed by atoms with Gasteiger partial charge >= 0.3 is 0 Å². The Bertz CT molecular complexity index is 641. The molecule has 0 saturated heterocycles. The summed E-state index contributed by atoms with van der Waals surface area (Å²) in [6.45, 7) is 0. The molecule has 0 radical (unpaired) electrons. The fourth-order valence-electron chi connectivity index (χ4n) is 1.65. The number of methoxy groups -OCH3 is 1. The summed E-state index contributed by atoms with van der Waals surface area (Å²) in [6, 6.07) is 8.74. The predicted octanol–water partition coefficient (Wildman–Crippen LogP) is 4.39. The average Bonchev–Trinajstić information content (AvgIpc) is 2.38. The largest absolute Gasteiger partial charge is 0.495 e. The Hall–Kier alpha value is -1.78. The van der Waals surface area contributed by atoms with Crippen LogP contribution < -0.4 is 10.1 Å². The summed E-state index contributed by atoms with van der Waals surface area (Å²) in [6.07, 6.45) is 0. The second kappa shape index (κ2) is 6.11. The van der Waals surface area contributed by atoms with E-state index in [1.807, 2.05) is 0 Å². The Labute approximate surface area is 125 Å². The van der Waals surface area contributed by atoms with Crippen molar-refractivity contribution in [1.82, 2.24) is 0 Å². The second-order valence-electron chi connectivity index (χ2n) is 3.90. The average molecular weight is 314 g/mol. The van der Waals surface area contributed by atoms with Crippen LogP contribution in [0.1, 0.15) is 10.4 Å². The van der Waals surface area contributed by atoms with E-state index in [4.69, 9.17) is 27.9 Å². The number of ether oxygens (including phenoxy) is 1. The molecule has 1 amide bonds. The fraction of sp³-hybridized carbons (Fsp3) is 0.0714. The maximum atomic E-state index is 13.6. The normalized spacial score (nSPS) is 10.2. The molecule has 1 N–H and O–H groups in total. The number of nitrogens with one attached hydrogen (secondary N) is 1. The van der Waals surface area contributed by atoms with Crippen LogP contribution in [0.3, 0.4) is 0 Å². The zero-order valence-corrected chi connectivity index (χ0v) is 11.9. The maximum absolute atomic E-state index is 13.6. The van der Waals surface area contributed by atoms with Crippen molar-refractivity contribution < 1.29 is 13.9 Å². The molecule has 0 aliphatic rings. The molecule has 104 valence electrons. The Morgan fingerprint density at radius 2 is 1.95 bits per heavy atom. The predicted molar refractivity (Wildman–Crippen MR) is 77.4 cm³/mol. The highest BCUT2D eigenvalue weighted by Crippen LogP contribution is 2.28. The topological polar surface area (TPSA) is 38.3 Å². The van der Waals surface area contributed by atoms with Crippen molar-refractivity contribution in [2.24, 2.45) is 0 Å². The molecule has 2 aromatic carbocycles. The van der Waals surface area contributed by atoms with Gasteiger partial charge in [-0.05, 0) is 30.3 Å². The molecule has 3 nitrogen and oxygen atoms in total. The number of carbonyl (C=O) groups excluding carboxylic acids is 1. The standard InChI is InChI=1S/C14H10Cl2FNO2/c1-20-12-6-5-8(7-10(12)16)18-14(19)13-9(15)3-2-4-11(13)17/h2-7H,1H3,(H,18,19). The van der Waals surface area contributed by atoms with Crippen LogP contribution in [0.4, 0.5) is 10.1 Å². The zero-order chi connectivity index (χ0) is 14.7. The van der Waals surface area contributed by atoms with Crippen LogP contribution in [0.15, 0.2) is 36.4 Å². The van der Waals surface area contributed by atoms with Crippen LogP contribution in [0.25, 0.3) is 0 Å². The summed E-state index contributed by atoms with van der Waals surface area (Å²) in [7, 11) is 1.48. The third kappa shape index (κ3) is 3.03. The van der Waals surface area contributed by atoms with Gasteiger partial charge in [-0.25, -0.2) is 4.39 Å². The van der Waals surface area contributed by atoms with Crippen molar-refractivity contribution in [3.8, 4) is 5.75 Å². The van der Waals surface area contributed by atoms with Gasteiger partial charge in [0.2, 0.25) is 0 Å². The second-order valence-corrected chi connectivity index (χ2v) is 4.71. The van der Waals surface area contributed by atoms with E-state index in [1.54, 1.807) is 12.1 Å². The van der Waals surface area contributed by atoms with Gasteiger partial charge in [-0.3, -0.25) is 4.79 Å². The minimum atomic E-state index is -0.686. The van der Waals surface area contributed by atoms with Crippen molar-refractivity contribution in [3.63, 3.8) is 0 Å². The number of rotatable bonds is 3. The molecule has 0 aliphatic heterocycles. The number of carbonyl (C=O) groups is 1. The van der Waals surface area contributed by atoms with Gasteiger partial charge in [0.15, 0.2) is 0 Å². The molecule has 0 unspecified atom stereocenters. The summed E-state index contributed by atoms with van der Waals surface area (Å²) in [5, 5.41) is 2.91. The monoisotopic (exact) mass is 313 g/mol. The Kier molecular flexibility index (Phi) is 4.47. The van der Waals surface area contributed by atoms with Gasteiger partial charge in [0.1, 0.15) is 11.6 Å². The number of hydrogen-bond donors (Lipinski definition) is 1. The van der Waals surface area contributed by atoms with Gasteiger partial charge in [0, 0.05) is 5.69 Å². The molecule has 0 saturated carbocycles. The van der Waals surface area contributed by atoms with Crippen molar-refractivity contribution in [2.75, 3.05) is 12.4 Å². The smallest absolute Gasteiger partial charge is 0.260 e. The molecule has 2 rings (SSSR count). The lowest BCUT2D eigenvalue weighted by Crippen LogP contribution is -2.14. The van der Waals surface area contributed by atoms with Crippen LogP contribution in [0.2, 0.25) is 10.0 Å². The molecule has 0 aliphatic carbocycles. The number of benzene rings is 2. The summed E-state index contributed by atoms with van der Waals surface area (Å²) < 4.78 is 18.6. The van der Waals surface area contributed by atoms with E-state index in [-0.39, 0.29) is 10.6 Å². The molecule has 0 atom stereocenters. The van der Waals surface area contributed by atoms with Crippen LogP contribution in [-0.4, -0.2) is 13.0 Å². The molecular formula is C14H10Cl2FNO2. The molecule has 0 fully saturated rings. The highest BCUT2D eigenvalue weighted by atomic mass is 35.5. The van der Waals surface area contributed by atoms with Crippen LogP contribution >= 0.6 is 23.2 Å². The van der Waals surface area contributed by atoms with Gasteiger partial charge in [0.05, 0.1) is 22.7 Å². The summed E-state index contributed by atoms with van der Waals surface area (Å²) in [5.41, 5.74) is 0.209. The number of hydrogen-bond acceptors (Lipinski definition) is 2. The summed E-state index contributed by atoms with van der Waals surface area (Å²) in [4.78, 5) is 12.0. The van der Waals surface area contributed by atoms with E-state index < -0.39 is 11.7 Å². The lowest BCUT2D eigenvalue weighted by Gasteiger charge is -2.09. The van der Waals surface area contributed by atoms with E-state index in [2.05, 4.69) is 5.32 Å². The first kappa shape index (κ1) is 14.6. The molecule has 0 heterocycles. The first-order valence-electron chi connectivity index (χ1n) is 5.62. The molecule has 0 aromatic heterocycles. The summed E-state index contributed by atoms with van der Waals surface area (Å²) in [5.74, 6) is -0.850. The molecule has 0 bridgehead atoms. The SMILES string of the molecule is COc1ccc(NC(=O)c2c(F)cccc2Cl)cc1Cl. The minimum absolute atomic E-state index is 0.0436. The van der Waals surface area contributed by atoms with Gasteiger partial charge in [-0.15, -0.1) is 0 Å². The third-order valence-electron chi connectivity index (χ3n) is 2.60. The van der Waals surface area contributed by atoms with Crippen molar-refractivity contribution in [1.29, 1.82) is 0 Å². The van der Waals surface area contributed by atoms with Crippen LogP contribution in [0, 0.1) is 5.82 Å². The molecule has 6 heteroatoms. The lowest BCUT2D eigenvalue weighted by molar-refractivity contribution is 0.102. The Morgan fingerprint density at radius 3 is 2.55 bits per heavy atom. The highest BCUT2D eigenvalue weighted by molar-refractivity contribution is 6.34. The first-order chi connectivity index (χ1) is 9.52. The van der Waals surface area contributed by atoms with E-state index in [1.165, 1.54) is 31.4 Å². The maximum Gasteiger partial charge on any atom is 0.260 e. The van der Waals surface area contributed by atoms with Crippen LogP contribution in [0.5, 0.6) is 5.75 Å². The number of amides is 1. The number of halogens is 3. The van der Waals surface area contributed by atoms with Gasteiger partial charge < -0.3 is 10.1 Å². The minimum Gasteiger partial charge on any atom is -0.495 e. The number of anilines is 1. The van der Waals surface area contributed by atoms with Crippen LogP contribution in [-0.2, 0) is 0 Å². The third-order valence-corrected chi connectivity index (χ3v) is 3.21. The van der Waals surface area contributed by atoms with Crippen molar-refractivity contribution >= 4 is 34.8 Å².